The minimum Gasteiger partial charge on any atom is -0.451 e. The van der Waals surface area contributed by atoms with E-state index in [2.05, 4.69) is 37.4 Å². The van der Waals surface area contributed by atoms with Gasteiger partial charge in [-0.3, -0.25) is 14.5 Å². The quantitative estimate of drug-likeness (QED) is 0.386. The van der Waals surface area contributed by atoms with E-state index < -0.39 is 0 Å². The number of anilines is 2. The number of rotatable bonds is 8. The molecule has 0 saturated carbocycles. The third-order valence-electron chi connectivity index (χ3n) is 6.88. The molecule has 1 saturated heterocycles. The number of carbonyl (C=O) groups excluding carboxylic acids is 1. The van der Waals surface area contributed by atoms with Crippen molar-refractivity contribution in [3.63, 3.8) is 0 Å². The van der Waals surface area contributed by atoms with Gasteiger partial charge in [-0.05, 0) is 50.4 Å². The molecule has 0 radical (unpaired) electrons. The number of carbonyl (C=O) groups is 1. The summed E-state index contributed by atoms with van der Waals surface area (Å²) < 4.78 is 12.2. The highest BCUT2D eigenvalue weighted by Gasteiger charge is 2.24. The Labute approximate surface area is 209 Å². The first kappa shape index (κ1) is 24.0. The lowest BCUT2D eigenvalue weighted by molar-refractivity contribution is 0.102. The summed E-state index contributed by atoms with van der Waals surface area (Å²) in [5.41, 5.74) is 11.7. The molecular weight excluding hydrogens is 458 g/mol. The number of aryl methyl sites for hydroxylation is 1. The van der Waals surface area contributed by atoms with Crippen LogP contribution in [0.15, 0.2) is 47.7 Å². The second kappa shape index (κ2) is 10.5. The number of ether oxygens (including phenoxy) is 1. The van der Waals surface area contributed by atoms with Gasteiger partial charge in [-0.15, -0.1) is 0 Å². The average Bonchev–Trinajstić information content (AvgIpc) is 3.57. The Kier molecular flexibility index (Phi) is 6.97. The predicted octanol–water partition coefficient (Wildman–Crippen LogP) is 3.47. The van der Waals surface area contributed by atoms with Gasteiger partial charge in [0.25, 0.3) is 5.91 Å². The van der Waals surface area contributed by atoms with E-state index in [1.807, 2.05) is 23.9 Å². The van der Waals surface area contributed by atoms with Gasteiger partial charge in [0.05, 0.1) is 30.6 Å². The Hall–Kier alpha value is -3.76. The minimum absolute atomic E-state index is 0.217. The summed E-state index contributed by atoms with van der Waals surface area (Å²) in [5, 5.41) is 8.62. The van der Waals surface area contributed by atoms with E-state index in [-0.39, 0.29) is 11.6 Å². The summed E-state index contributed by atoms with van der Waals surface area (Å²) in [6.07, 6.45) is 8.23. The van der Waals surface area contributed by atoms with Gasteiger partial charge in [-0.25, -0.2) is 4.98 Å². The number of piperidine rings is 1. The fourth-order valence-electron chi connectivity index (χ4n) is 4.86. The summed E-state index contributed by atoms with van der Waals surface area (Å²) in [4.78, 5) is 23.8. The van der Waals surface area contributed by atoms with Crippen LogP contribution in [0.4, 0.5) is 11.4 Å². The van der Waals surface area contributed by atoms with Crippen LogP contribution in [-0.4, -0.2) is 59.0 Å². The van der Waals surface area contributed by atoms with Gasteiger partial charge in [0.2, 0.25) is 0 Å². The van der Waals surface area contributed by atoms with Crippen LogP contribution >= 0.6 is 0 Å². The zero-order chi connectivity index (χ0) is 25.1. The van der Waals surface area contributed by atoms with Crippen molar-refractivity contribution in [3.05, 3.63) is 54.6 Å². The maximum atomic E-state index is 12.8. The van der Waals surface area contributed by atoms with Gasteiger partial charge in [0.1, 0.15) is 6.26 Å². The summed E-state index contributed by atoms with van der Waals surface area (Å²) in [5.74, 6) is 0.201. The first-order valence-corrected chi connectivity index (χ1v) is 12.2. The van der Waals surface area contributed by atoms with E-state index in [0.717, 1.165) is 59.3 Å². The molecule has 0 atom stereocenters. The molecule has 0 aliphatic carbocycles. The molecule has 10 heteroatoms. The molecule has 3 N–H and O–H groups in total. The number of oxazole rings is 1. The monoisotopic (exact) mass is 489 g/mol. The van der Waals surface area contributed by atoms with Gasteiger partial charge in [-0.1, -0.05) is 0 Å². The predicted molar refractivity (Wildman–Crippen MR) is 138 cm³/mol. The second-order valence-corrected chi connectivity index (χ2v) is 9.10. The molecule has 0 bridgehead atoms. The standard InChI is InChI=1S/C26H31N7O3/c1-17-25(21(3-6-28-17)31-26(34)22-15-36-16-29-22)20-11-19-14-30-33(9-10-35-2)23(19)12-24(20)32-7-4-18(13-27)5-8-32/h3,6,11-12,14-16,18H,4-5,7-10,13,27H2,1-2H3,(H,28,31,34). The lowest BCUT2D eigenvalue weighted by atomic mass is 9.93. The molecule has 36 heavy (non-hydrogen) atoms. The van der Waals surface area contributed by atoms with Crippen LogP contribution in [-0.2, 0) is 11.3 Å². The first-order chi connectivity index (χ1) is 17.6. The molecule has 4 heterocycles. The Bertz CT molecular complexity index is 1340. The van der Waals surface area contributed by atoms with E-state index >= 15 is 0 Å². The van der Waals surface area contributed by atoms with Crippen molar-refractivity contribution in [3.8, 4) is 11.1 Å². The van der Waals surface area contributed by atoms with Crippen LogP contribution in [0.3, 0.4) is 0 Å². The summed E-state index contributed by atoms with van der Waals surface area (Å²) in [6.45, 7) is 5.73. The molecule has 1 aromatic carbocycles. The van der Waals surface area contributed by atoms with Crippen molar-refractivity contribution in [2.24, 2.45) is 11.7 Å². The topological polar surface area (TPSA) is 124 Å². The molecule has 0 unspecified atom stereocenters. The fourth-order valence-corrected chi connectivity index (χ4v) is 4.86. The lowest BCUT2D eigenvalue weighted by Crippen LogP contribution is -2.36. The van der Waals surface area contributed by atoms with Gasteiger partial charge in [0.15, 0.2) is 12.1 Å². The third-order valence-corrected chi connectivity index (χ3v) is 6.88. The number of benzene rings is 1. The van der Waals surface area contributed by atoms with Crippen LogP contribution in [0.1, 0.15) is 29.0 Å². The second-order valence-electron chi connectivity index (χ2n) is 9.10. The molecule has 0 spiro atoms. The van der Waals surface area contributed by atoms with Crippen molar-refractivity contribution in [2.45, 2.75) is 26.3 Å². The lowest BCUT2D eigenvalue weighted by Gasteiger charge is -2.35. The molecule has 1 aliphatic heterocycles. The van der Waals surface area contributed by atoms with Gasteiger partial charge in [0, 0.05) is 54.3 Å². The largest absolute Gasteiger partial charge is 0.451 e. The number of nitrogens with two attached hydrogens (primary N) is 1. The maximum absolute atomic E-state index is 12.8. The van der Waals surface area contributed by atoms with Crippen LogP contribution in [0.5, 0.6) is 0 Å². The smallest absolute Gasteiger partial charge is 0.277 e. The van der Waals surface area contributed by atoms with Crippen LogP contribution in [0.25, 0.3) is 22.0 Å². The zero-order valence-corrected chi connectivity index (χ0v) is 20.6. The first-order valence-electron chi connectivity index (χ1n) is 12.2. The Morgan fingerprint density at radius 2 is 2.11 bits per heavy atom. The molecule has 10 nitrogen and oxygen atoms in total. The Morgan fingerprint density at radius 3 is 2.83 bits per heavy atom. The molecule has 3 aromatic heterocycles. The van der Waals surface area contributed by atoms with Crippen LogP contribution in [0.2, 0.25) is 0 Å². The summed E-state index contributed by atoms with van der Waals surface area (Å²) >= 11 is 0. The average molecular weight is 490 g/mol. The fraction of sp³-hybridized carbons (Fsp3) is 0.385. The number of hydrogen-bond donors (Lipinski definition) is 2. The minimum atomic E-state index is -0.339. The number of nitrogens with zero attached hydrogens (tertiary/aromatic N) is 5. The number of aromatic nitrogens is 4. The van der Waals surface area contributed by atoms with Crippen molar-refractivity contribution in [1.82, 2.24) is 19.7 Å². The van der Waals surface area contributed by atoms with Crippen molar-refractivity contribution >= 4 is 28.2 Å². The number of amides is 1. The number of nitrogens with one attached hydrogen (secondary N) is 1. The number of pyridine rings is 1. The Balaban J connectivity index is 1.62. The van der Waals surface area contributed by atoms with E-state index in [9.17, 15) is 4.79 Å². The number of fused-ring (bicyclic) bond motifs is 1. The van der Waals surface area contributed by atoms with Gasteiger partial charge in [-0.2, -0.15) is 5.10 Å². The molecule has 1 amide bonds. The van der Waals surface area contributed by atoms with Crippen LogP contribution < -0.4 is 16.0 Å². The van der Waals surface area contributed by atoms with Crippen molar-refractivity contribution in [1.29, 1.82) is 0 Å². The van der Waals surface area contributed by atoms with Crippen molar-refractivity contribution < 1.29 is 13.9 Å². The highest BCUT2D eigenvalue weighted by atomic mass is 16.5. The third kappa shape index (κ3) is 4.69. The zero-order valence-electron chi connectivity index (χ0n) is 20.6. The van der Waals surface area contributed by atoms with Gasteiger partial charge < -0.3 is 25.1 Å². The number of methoxy groups -OCH3 is 1. The number of hydrogen-bond acceptors (Lipinski definition) is 8. The van der Waals surface area contributed by atoms with E-state index in [4.69, 9.17) is 14.9 Å². The maximum Gasteiger partial charge on any atom is 0.277 e. The molecule has 1 aliphatic rings. The van der Waals surface area contributed by atoms with E-state index in [1.165, 1.54) is 12.7 Å². The molecule has 5 rings (SSSR count). The van der Waals surface area contributed by atoms with Crippen LogP contribution in [0, 0.1) is 12.8 Å². The highest BCUT2D eigenvalue weighted by molar-refractivity contribution is 6.06. The Morgan fingerprint density at radius 1 is 1.28 bits per heavy atom. The normalized spacial score (nSPS) is 14.5. The summed E-state index contributed by atoms with van der Waals surface area (Å²) in [7, 11) is 1.69. The molecule has 1 fully saturated rings. The van der Waals surface area contributed by atoms with E-state index in [0.29, 0.717) is 31.3 Å². The molecule has 188 valence electrons. The molecular formula is C26H31N7O3. The van der Waals surface area contributed by atoms with E-state index in [1.54, 1.807) is 13.3 Å². The molecule has 4 aromatic rings. The SMILES string of the molecule is COCCn1ncc2cc(-c3c(NC(=O)c4cocn4)ccnc3C)c(N3CCC(CN)CC3)cc21. The summed E-state index contributed by atoms with van der Waals surface area (Å²) in [6, 6.07) is 6.16. The van der Waals surface area contributed by atoms with Gasteiger partial charge >= 0.3 is 0 Å². The highest BCUT2D eigenvalue weighted by Crippen LogP contribution is 2.41. The van der Waals surface area contributed by atoms with Crippen molar-refractivity contribution in [2.75, 3.05) is 43.6 Å².